The van der Waals surface area contributed by atoms with Crippen molar-refractivity contribution in [1.82, 2.24) is 45.9 Å². The Hall–Kier alpha value is -8.07. The van der Waals surface area contributed by atoms with Crippen LogP contribution in [0.2, 0.25) is 0 Å². The van der Waals surface area contributed by atoms with Crippen LogP contribution in [0.3, 0.4) is 0 Å². The summed E-state index contributed by atoms with van der Waals surface area (Å²) in [6, 6.07) is 6.69. The van der Waals surface area contributed by atoms with Crippen LogP contribution in [-0.4, -0.2) is 157 Å². The molecule has 2 aromatic carbocycles. The van der Waals surface area contributed by atoms with Gasteiger partial charge in [-0.2, -0.15) is 8.78 Å². The van der Waals surface area contributed by atoms with Crippen LogP contribution in [0, 0.1) is 23.0 Å². The number of rotatable bonds is 31. The number of aliphatic hydroxyl groups excluding tert-OH is 1. The summed E-state index contributed by atoms with van der Waals surface area (Å²) >= 11 is 0. The maximum Gasteiger partial charge on any atom is 0.374 e. The number of carboxylic acids is 2. The molecular weight excluding hydrogens is 1100 g/mol. The zero-order chi connectivity index (χ0) is 62.4. The molecule has 0 saturated heterocycles. The molecule has 1 aromatic heterocycles. The van der Waals surface area contributed by atoms with Gasteiger partial charge in [0.2, 0.25) is 35.4 Å². The molecule has 0 aliphatic carbocycles. The van der Waals surface area contributed by atoms with E-state index < -0.39 is 114 Å². The first-order valence-corrected chi connectivity index (χ1v) is 26.9. The number of carbonyl (C=O) groups is 10. The molecule has 10 N–H and O–H groups in total. The van der Waals surface area contributed by atoms with Gasteiger partial charge in [-0.25, -0.2) is 23.4 Å². The van der Waals surface area contributed by atoms with Crippen molar-refractivity contribution in [2.24, 2.45) is 17.1 Å². The fourth-order valence-electron chi connectivity index (χ4n) is 8.42. The molecule has 0 fully saturated rings. The molecule has 4 rings (SSSR count). The topological polar surface area (TPSA) is 342 Å². The number of imidazole rings is 1. The van der Waals surface area contributed by atoms with Gasteiger partial charge in [0, 0.05) is 63.4 Å². The molecule has 5 unspecified atom stereocenters. The molecule has 1 aliphatic heterocycles. The number of nitrogens with zero attached hydrogens (tertiary/aromatic N) is 4. The first kappa shape index (κ1) is 69.2. The van der Waals surface area contributed by atoms with E-state index in [1.165, 1.54) is 24.0 Å². The maximum absolute atomic E-state index is 15.1. The number of halogens is 4. The van der Waals surface area contributed by atoms with Crippen LogP contribution in [0.4, 0.5) is 17.6 Å². The molecule has 3 aromatic rings. The third kappa shape index (κ3) is 22.7. The van der Waals surface area contributed by atoms with E-state index in [-0.39, 0.29) is 80.9 Å². The number of aliphatic hydroxyl groups is 1. The summed E-state index contributed by atoms with van der Waals surface area (Å²) in [5, 5.41) is 40.2. The number of nitrogens with two attached hydrogens (primary N) is 1. The van der Waals surface area contributed by atoms with Crippen molar-refractivity contribution in [3.05, 3.63) is 89.9 Å². The minimum absolute atomic E-state index is 0.0249. The zero-order valence-corrected chi connectivity index (χ0v) is 47.5. The fraction of sp³-hybridized carbons (Fsp3) is 0.518. The van der Waals surface area contributed by atoms with E-state index in [2.05, 4.69) is 26.6 Å². The number of unbranched alkanes of at least 4 members (excludes halogenated alkanes) is 3. The highest BCUT2D eigenvalue weighted by Gasteiger charge is 2.39. The van der Waals surface area contributed by atoms with Crippen molar-refractivity contribution in [3.8, 4) is 11.3 Å². The van der Waals surface area contributed by atoms with E-state index >= 15 is 4.39 Å². The summed E-state index contributed by atoms with van der Waals surface area (Å²) in [5.41, 5.74) is 6.36. The average Bonchev–Trinajstić information content (AvgIpc) is 3.99. The summed E-state index contributed by atoms with van der Waals surface area (Å²) in [6.07, 6.45) is 5.97. The number of aliphatic carboxylic acids is 2. The third-order valence-electron chi connectivity index (χ3n) is 12.9. The molecular formula is C56H76F4N10O13. The number of carboxylic acid groups (broad SMARTS) is 2. The molecule has 0 spiro atoms. The van der Waals surface area contributed by atoms with Gasteiger partial charge in [0.1, 0.15) is 42.2 Å². The van der Waals surface area contributed by atoms with Gasteiger partial charge in [0.25, 0.3) is 11.8 Å². The standard InChI is InChI=1S/C53H72F2N10O11.C3H4F2O2/c1-32(2)46(62-41(67)18-11-8-14-25-64-43(69)21-22-44(64)70)51(74)59-33(3)49(72)61-39(52(75)76)17-12-13-24-57-42(68)28-58-50(73)38(56)23-26-65(45(71)31-66)47(53(4,5)6)48-60-40(36-27-35(54)19-20-37(36)55)30-63(48)29-34-15-9-7-10-16-34;1-3(4,5)2(6)7/h7,9-10,15-16,19-22,27,30,32-33,38-39,46-47,66H,8,11-14,17-18,23-26,28-29,31,56H2,1-6H3,(H,57,68)(H,58,73)(H,59,74)(H,61,72)(H,62,67)(H,75,76);1H3,(H,6,7). The third-order valence-corrected chi connectivity index (χ3v) is 12.9. The minimum Gasteiger partial charge on any atom is -0.480 e. The molecule has 5 atom stereocenters. The molecule has 0 radical (unpaired) electrons. The lowest BCUT2D eigenvalue weighted by Gasteiger charge is -2.40. The van der Waals surface area contributed by atoms with Crippen molar-refractivity contribution in [2.75, 3.05) is 32.8 Å². The van der Waals surface area contributed by atoms with Crippen molar-refractivity contribution >= 4 is 59.2 Å². The number of alkyl halides is 2. The maximum atomic E-state index is 15.1. The van der Waals surface area contributed by atoms with Gasteiger partial charge in [-0.3, -0.25) is 43.3 Å². The summed E-state index contributed by atoms with van der Waals surface area (Å²) in [7, 11) is 0. The highest BCUT2D eigenvalue weighted by molar-refractivity contribution is 6.12. The van der Waals surface area contributed by atoms with Crippen LogP contribution in [0.1, 0.15) is 117 Å². The largest absolute Gasteiger partial charge is 0.480 e. The Morgan fingerprint density at radius 1 is 0.771 bits per heavy atom. The van der Waals surface area contributed by atoms with Gasteiger partial charge >= 0.3 is 17.9 Å². The van der Waals surface area contributed by atoms with Gasteiger partial charge in [-0.05, 0) is 80.5 Å². The number of nitrogens with one attached hydrogen (secondary N) is 5. The fourth-order valence-corrected chi connectivity index (χ4v) is 8.42. The smallest absolute Gasteiger partial charge is 0.374 e. The highest BCUT2D eigenvalue weighted by atomic mass is 19.3. The molecule has 27 heteroatoms. The predicted octanol–water partition coefficient (Wildman–Crippen LogP) is 3.33. The summed E-state index contributed by atoms with van der Waals surface area (Å²) in [5.74, 6) is -13.0. The Bertz CT molecular complexity index is 2770. The second kappa shape index (κ2) is 32.5. The lowest BCUT2D eigenvalue weighted by Crippen LogP contribution is -2.56. The Labute approximate surface area is 478 Å². The van der Waals surface area contributed by atoms with E-state index in [1.807, 2.05) is 51.1 Å². The van der Waals surface area contributed by atoms with Crippen LogP contribution in [0.15, 0.2) is 66.9 Å². The van der Waals surface area contributed by atoms with Crippen LogP contribution < -0.4 is 32.3 Å². The minimum atomic E-state index is -3.58. The zero-order valence-electron chi connectivity index (χ0n) is 47.5. The van der Waals surface area contributed by atoms with Crippen molar-refractivity contribution in [1.29, 1.82) is 0 Å². The van der Waals surface area contributed by atoms with Gasteiger partial charge < -0.3 is 57.1 Å². The predicted molar refractivity (Wildman–Crippen MR) is 293 cm³/mol. The van der Waals surface area contributed by atoms with E-state index in [4.69, 9.17) is 15.8 Å². The van der Waals surface area contributed by atoms with Crippen molar-refractivity contribution < 1.29 is 80.8 Å². The van der Waals surface area contributed by atoms with Crippen molar-refractivity contribution in [2.45, 2.75) is 143 Å². The van der Waals surface area contributed by atoms with Crippen LogP contribution in [0.5, 0.6) is 0 Å². The number of carbonyl (C=O) groups excluding carboxylic acids is 8. The van der Waals surface area contributed by atoms with E-state index in [0.717, 1.165) is 28.7 Å². The van der Waals surface area contributed by atoms with Crippen LogP contribution in [0.25, 0.3) is 11.3 Å². The van der Waals surface area contributed by atoms with Crippen LogP contribution in [-0.2, 0) is 54.5 Å². The molecule has 8 amide bonds. The second-order valence-electron chi connectivity index (χ2n) is 21.3. The Morgan fingerprint density at radius 2 is 1.41 bits per heavy atom. The quantitative estimate of drug-likeness (QED) is 0.0254. The van der Waals surface area contributed by atoms with E-state index in [1.54, 1.807) is 24.6 Å². The highest BCUT2D eigenvalue weighted by Crippen LogP contribution is 2.39. The molecule has 456 valence electrons. The van der Waals surface area contributed by atoms with Gasteiger partial charge in [-0.1, -0.05) is 71.4 Å². The molecule has 2 heterocycles. The summed E-state index contributed by atoms with van der Waals surface area (Å²) in [6.45, 7) is 9.70. The van der Waals surface area contributed by atoms with Gasteiger partial charge in [0.15, 0.2) is 0 Å². The number of hydrogen-bond acceptors (Lipinski definition) is 13. The second-order valence-corrected chi connectivity index (χ2v) is 21.3. The van der Waals surface area contributed by atoms with Gasteiger partial charge in [-0.15, -0.1) is 0 Å². The Morgan fingerprint density at radius 3 is 1.99 bits per heavy atom. The number of hydrogen-bond donors (Lipinski definition) is 9. The Balaban J connectivity index is 0.00000241. The first-order valence-electron chi connectivity index (χ1n) is 26.9. The molecule has 0 bridgehead atoms. The first-order chi connectivity index (χ1) is 38.8. The molecule has 83 heavy (non-hydrogen) atoms. The lowest BCUT2D eigenvalue weighted by atomic mass is 9.84. The number of imide groups is 1. The van der Waals surface area contributed by atoms with Crippen molar-refractivity contribution in [3.63, 3.8) is 0 Å². The average molecular weight is 1170 g/mol. The van der Waals surface area contributed by atoms with E-state index in [9.17, 15) is 71.3 Å². The number of aromatic nitrogens is 2. The summed E-state index contributed by atoms with van der Waals surface area (Å²) in [4.78, 5) is 130. The van der Waals surface area contributed by atoms with E-state index in [0.29, 0.717) is 38.4 Å². The lowest BCUT2D eigenvalue weighted by molar-refractivity contribution is -0.162. The molecule has 1 aliphatic rings. The Kier molecular flexibility index (Phi) is 27.1. The summed E-state index contributed by atoms with van der Waals surface area (Å²) < 4.78 is 53.7. The normalized spacial score (nSPS) is 14.1. The molecule has 23 nitrogen and oxygen atoms in total. The SMILES string of the molecule is CC(F)(F)C(=O)O.CC(NC(=O)C(NC(=O)CCCCCN1C(=O)C=CC1=O)C(C)C)C(=O)NC(CCCCNC(=O)CNC(=O)C(N)CCN(C(=O)CO)C(c1nc(-c2cc(F)ccc2F)cn1Cc1ccccc1)C(C)(C)C)C(=O)O. The van der Waals surface area contributed by atoms with Crippen LogP contribution >= 0.6 is 0 Å². The number of amides is 8. The van der Waals surface area contributed by atoms with Gasteiger partial charge in [0.05, 0.1) is 24.3 Å². The monoisotopic (exact) mass is 1170 g/mol. The number of benzene rings is 2. The molecule has 0 saturated carbocycles.